The Morgan fingerprint density at radius 2 is 2.05 bits per heavy atom. The highest BCUT2D eigenvalue weighted by Crippen LogP contribution is 2.23. The molecule has 0 saturated carbocycles. The minimum Gasteiger partial charge on any atom is -0.478 e. The Morgan fingerprint density at radius 1 is 1.43 bits per heavy atom. The second-order valence-corrected chi connectivity index (χ2v) is 7.03. The number of benzene rings is 1. The normalized spacial score (nSPS) is 14.7. The Morgan fingerprint density at radius 3 is 2.52 bits per heavy atom. The van der Waals surface area contributed by atoms with Crippen LogP contribution in [0, 0.1) is 0 Å². The predicted molar refractivity (Wildman–Crippen MR) is 79.1 cm³/mol. The molecular formula is C13H18ClNO5S. The van der Waals surface area contributed by atoms with Crippen LogP contribution in [0.1, 0.15) is 37.0 Å². The van der Waals surface area contributed by atoms with Crippen molar-refractivity contribution >= 4 is 27.6 Å². The first-order valence-electron chi connectivity index (χ1n) is 6.33. The second-order valence-electron chi connectivity index (χ2n) is 4.94. The lowest BCUT2D eigenvalue weighted by Gasteiger charge is -2.28. The van der Waals surface area contributed by atoms with Gasteiger partial charge in [0.25, 0.3) is 0 Å². The number of aliphatic hydroxyl groups is 1. The molecule has 0 saturated heterocycles. The minimum atomic E-state index is -3.91. The summed E-state index contributed by atoms with van der Waals surface area (Å²) < 4.78 is 27.2. The highest BCUT2D eigenvalue weighted by atomic mass is 35.5. The number of carbonyl (C=O) groups is 1. The third-order valence-corrected chi connectivity index (χ3v) is 5.27. The van der Waals surface area contributed by atoms with E-state index in [0.717, 1.165) is 6.07 Å². The lowest BCUT2D eigenvalue weighted by molar-refractivity contribution is 0.0697. The highest BCUT2D eigenvalue weighted by Gasteiger charge is 2.29. The third-order valence-electron chi connectivity index (χ3n) is 3.30. The Labute approximate surface area is 128 Å². The summed E-state index contributed by atoms with van der Waals surface area (Å²) in [7, 11) is -3.91. The van der Waals surface area contributed by atoms with Crippen LogP contribution in [0.5, 0.6) is 0 Å². The van der Waals surface area contributed by atoms with Gasteiger partial charge in [-0.2, -0.15) is 0 Å². The van der Waals surface area contributed by atoms with Crippen molar-refractivity contribution < 1.29 is 23.4 Å². The average Bonchev–Trinajstić information content (AvgIpc) is 2.38. The van der Waals surface area contributed by atoms with Crippen LogP contribution in [0.4, 0.5) is 0 Å². The van der Waals surface area contributed by atoms with Crippen LogP contribution in [0.25, 0.3) is 0 Å². The molecule has 1 atom stereocenters. The molecule has 0 bridgehead atoms. The molecule has 6 nitrogen and oxygen atoms in total. The Kier molecular flexibility index (Phi) is 5.75. The van der Waals surface area contributed by atoms with Crippen LogP contribution in [0.3, 0.4) is 0 Å². The Bertz CT molecular complexity index is 631. The highest BCUT2D eigenvalue weighted by molar-refractivity contribution is 7.89. The van der Waals surface area contributed by atoms with E-state index >= 15 is 0 Å². The molecule has 1 aromatic rings. The lowest BCUT2D eigenvalue weighted by Crippen LogP contribution is -2.46. The zero-order valence-corrected chi connectivity index (χ0v) is 13.3. The molecule has 0 amide bonds. The average molecular weight is 336 g/mol. The molecule has 0 heterocycles. The monoisotopic (exact) mass is 335 g/mol. The summed E-state index contributed by atoms with van der Waals surface area (Å²) in [6.45, 7) is 3.31. The van der Waals surface area contributed by atoms with Crippen LogP contribution in [-0.4, -0.2) is 36.7 Å². The first-order chi connectivity index (χ1) is 9.65. The van der Waals surface area contributed by atoms with E-state index in [9.17, 15) is 13.2 Å². The standard InChI is InChI=1S/C13H18ClNO5S/c1-3-13(2,6-7-16)15-21(19,20)9-4-5-11(14)10(8-9)12(17)18/h4-5,8,15-16H,3,6-7H2,1-2H3,(H,17,18). The number of halogens is 1. The summed E-state index contributed by atoms with van der Waals surface area (Å²) in [5.74, 6) is -1.30. The van der Waals surface area contributed by atoms with Gasteiger partial charge in [0, 0.05) is 12.1 Å². The molecule has 21 heavy (non-hydrogen) atoms. The van der Waals surface area contributed by atoms with E-state index in [1.165, 1.54) is 12.1 Å². The predicted octanol–water partition coefficient (Wildman–Crippen LogP) is 1.87. The molecule has 0 aliphatic carbocycles. The molecule has 1 aromatic carbocycles. The molecule has 1 rings (SSSR count). The van der Waals surface area contributed by atoms with E-state index in [-0.39, 0.29) is 28.5 Å². The summed E-state index contributed by atoms with van der Waals surface area (Å²) in [6, 6.07) is 3.49. The molecule has 8 heteroatoms. The van der Waals surface area contributed by atoms with Gasteiger partial charge in [0.05, 0.1) is 15.5 Å². The largest absolute Gasteiger partial charge is 0.478 e. The molecule has 118 valence electrons. The van der Waals surface area contributed by atoms with E-state index < -0.39 is 21.5 Å². The van der Waals surface area contributed by atoms with E-state index in [1.54, 1.807) is 13.8 Å². The van der Waals surface area contributed by atoms with Crippen LogP contribution in [-0.2, 0) is 10.0 Å². The van der Waals surface area contributed by atoms with Gasteiger partial charge in [-0.05, 0) is 38.0 Å². The van der Waals surface area contributed by atoms with Crippen LogP contribution in [0.15, 0.2) is 23.1 Å². The first-order valence-corrected chi connectivity index (χ1v) is 8.19. The summed E-state index contributed by atoms with van der Waals surface area (Å²) in [6.07, 6.45) is 0.730. The van der Waals surface area contributed by atoms with E-state index in [4.69, 9.17) is 21.8 Å². The molecule has 0 fully saturated rings. The number of aromatic carboxylic acids is 1. The van der Waals surface area contributed by atoms with Crippen molar-refractivity contribution in [1.29, 1.82) is 0 Å². The van der Waals surface area contributed by atoms with Gasteiger partial charge in [-0.3, -0.25) is 0 Å². The first kappa shape index (κ1) is 17.9. The number of carboxylic acids is 1. The summed E-state index contributed by atoms with van der Waals surface area (Å²) in [5.41, 5.74) is -1.09. The number of carboxylic acid groups (broad SMARTS) is 1. The van der Waals surface area contributed by atoms with Gasteiger partial charge in [0.2, 0.25) is 10.0 Å². The van der Waals surface area contributed by atoms with Crippen molar-refractivity contribution in [1.82, 2.24) is 4.72 Å². The molecule has 0 aliphatic heterocycles. The van der Waals surface area contributed by atoms with Crippen molar-refractivity contribution in [3.63, 3.8) is 0 Å². The van der Waals surface area contributed by atoms with Crippen LogP contribution >= 0.6 is 11.6 Å². The quantitative estimate of drug-likeness (QED) is 0.705. The van der Waals surface area contributed by atoms with Gasteiger partial charge >= 0.3 is 5.97 Å². The van der Waals surface area contributed by atoms with Gasteiger partial charge in [0.15, 0.2) is 0 Å². The van der Waals surface area contributed by atoms with Crippen LogP contribution < -0.4 is 4.72 Å². The van der Waals surface area contributed by atoms with Crippen molar-refractivity contribution in [3.05, 3.63) is 28.8 Å². The number of sulfonamides is 1. The van der Waals surface area contributed by atoms with Gasteiger partial charge in [0.1, 0.15) is 0 Å². The van der Waals surface area contributed by atoms with Crippen LogP contribution in [0.2, 0.25) is 5.02 Å². The maximum Gasteiger partial charge on any atom is 0.337 e. The zero-order chi connectivity index (χ0) is 16.3. The zero-order valence-electron chi connectivity index (χ0n) is 11.8. The minimum absolute atomic E-state index is 0.0324. The Hall–Kier alpha value is -1.15. The van der Waals surface area contributed by atoms with Gasteiger partial charge < -0.3 is 10.2 Å². The molecule has 3 N–H and O–H groups in total. The van der Waals surface area contributed by atoms with E-state index in [1.807, 2.05) is 0 Å². The van der Waals surface area contributed by atoms with Crippen molar-refractivity contribution in [2.45, 2.75) is 37.1 Å². The topological polar surface area (TPSA) is 104 Å². The summed E-state index contributed by atoms with van der Waals surface area (Å²) >= 11 is 5.72. The number of aliphatic hydroxyl groups excluding tert-OH is 1. The summed E-state index contributed by atoms with van der Waals surface area (Å²) in [5, 5.41) is 18.0. The maximum absolute atomic E-state index is 12.3. The molecule has 0 aromatic heterocycles. The van der Waals surface area contributed by atoms with Gasteiger partial charge in [-0.15, -0.1) is 0 Å². The fraction of sp³-hybridized carbons (Fsp3) is 0.462. The number of hydrogen-bond donors (Lipinski definition) is 3. The number of rotatable bonds is 7. The van der Waals surface area contributed by atoms with Crippen molar-refractivity contribution in [2.24, 2.45) is 0 Å². The molecule has 0 radical (unpaired) electrons. The molecule has 0 spiro atoms. The van der Waals surface area contributed by atoms with Gasteiger partial charge in [-0.1, -0.05) is 18.5 Å². The summed E-state index contributed by atoms with van der Waals surface area (Å²) in [4.78, 5) is 10.8. The smallest absolute Gasteiger partial charge is 0.337 e. The van der Waals surface area contributed by atoms with E-state index in [2.05, 4.69) is 4.72 Å². The Balaban J connectivity index is 3.20. The van der Waals surface area contributed by atoms with Gasteiger partial charge in [-0.25, -0.2) is 17.9 Å². The van der Waals surface area contributed by atoms with E-state index in [0.29, 0.717) is 6.42 Å². The fourth-order valence-corrected chi connectivity index (χ4v) is 3.50. The SMILES string of the molecule is CCC(C)(CCO)NS(=O)(=O)c1ccc(Cl)c(C(=O)O)c1. The maximum atomic E-state index is 12.3. The molecular weight excluding hydrogens is 318 g/mol. The molecule has 0 aliphatic rings. The van der Waals surface area contributed by atoms with Crippen molar-refractivity contribution in [3.8, 4) is 0 Å². The third kappa shape index (κ3) is 4.41. The van der Waals surface area contributed by atoms with Crippen molar-refractivity contribution in [2.75, 3.05) is 6.61 Å². The lowest BCUT2D eigenvalue weighted by atomic mass is 9.97. The molecule has 1 unspecified atom stereocenters. The second kappa shape index (κ2) is 6.74. The fourth-order valence-electron chi connectivity index (χ4n) is 1.77. The number of hydrogen-bond acceptors (Lipinski definition) is 4. The number of nitrogens with one attached hydrogen (secondary N) is 1.